The van der Waals surface area contributed by atoms with E-state index in [2.05, 4.69) is 0 Å². The third-order valence-electron chi connectivity index (χ3n) is 3.62. The summed E-state index contributed by atoms with van der Waals surface area (Å²) in [4.78, 5) is 11.9. The van der Waals surface area contributed by atoms with Crippen molar-refractivity contribution in [2.75, 3.05) is 0 Å². The SMILES string of the molecule is Cc1ccccc1[C@]1(C)OC(=O)c2ccccc21. The first-order valence-electron chi connectivity index (χ1n) is 6.02. The highest BCUT2D eigenvalue weighted by atomic mass is 16.6. The third-order valence-corrected chi connectivity index (χ3v) is 3.62. The summed E-state index contributed by atoms with van der Waals surface area (Å²) >= 11 is 0. The van der Waals surface area contributed by atoms with Crippen LogP contribution in [0.25, 0.3) is 0 Å². The van der Waals surface area contributed by atoms with Gasteiger partial charge in [-0.3, -0.25) is 0 Å². The minimum absolute atomic E-state index is 0.239. The minimum atomic E-state index is -0.668. The van der Waals surface area contributed by atoms with Crippen LogP contribution in [-0.2, 0) is 10.3 Å². The number of hydrogen-bond acceptors (Lipinski definition) is 2. The molecule has 3 rings (SSSR count). The molecule has 0 bridgehead atoms. The van der Waals surface area contributed by atoms with Crippen LogP contribution in [-0.4, -0.2) is 5.97 Å². The fraction of sp³-hybridized carbons (Fsp3) is 0.188. The van der Waals surface area contributed by atoms with Gasteiger partial charge in [0.15, 0.2) is 5.60 Å². The predicted molar refractivity (Wildman–Crippen MR) is 69.5 cm³/mol. The Bertz CT molecular complexity index is 630. The Hall–Kier alpha value is -2.09. The number of carbonyl (C=O) groups excluding carboxylic acids is 1. The van der Waals surface area contributed by atoms with Crippen LogP contribution < -0.4 is 0 Å². The molecule has 0 fully saturated rings. The Morgan fingerprint density at radius 3 is 2.28 bits per heavy atom. The van der Waals surface area contributed by atoms with Gasteiger partial charge in [0.25, 0.3) is 0 Å². The summed E-state index contributed by atoms with van der Waals surface area (Å²) in [5.74, 6) is -0.239. The summed E-state index contributed by atoms with van der Waals surface area (Å²) in [6.45, 7) is 3.99. The molecular formula is C16H14O2. The van der Waals surface area contributed by atoms with Gasteiger partial charge in [-0.2, -0.15) is 0 Å². The number of aryl methyl sites for hydroxylation is 1. The fourth-order valence-electron chi connectivity index (χ4n) is 2.68. The number of ether oxygens (including phenoxy) is 1. The zero-order chi connectivity index (χ0) is 12.8. The van der Waals surface area contributed by atoms with Crippen LogP contribution in [0.15, 0.2) is 48.5 Å². The van der Waals surface area contributed by atoms with Crippen molar-refractivity contribution < 1.29 is 9.53 Å². The summed E-state index contributed by atoms with van der Waals surface area (Å²) in [5.41, 5.74) is 3.12. The number of cyclic esters (lactones) is 1. The van der Waals surface area contributed by atoms with E-state index in [1.54, 1.807) is 0 Å². The van der Waals surface area contributed by atoms with Crippen molar-refractivity contribution in [2.24, 2.45) is 0 Å². The average Bonchev–Trinajstić information content (AvgIpc) is 2.64. The Balaban J connectivity index is 2.25. The van der Waals surface area contributed by atoms with Crippen LogP contribution in [0.2, 0.25) is 0 Å². The van der Waals surface area contributed by atoms with Gasteiger partial charge in [0, 0.05) is 11.1 Å². The standard InChI is InChI=1S/C16H14O2/c1-11-7-3-5-9-13(11)16(2)14-10-6-4-8-12(14)15(17)18-16/h3-10H,1-2H3/t16-/m0/s1. The number of hydrogen-bond donors (Lipinski definition) is 0. The van der Waals surface area contributed by atoms with Gasteiger partial charge in [-0.25, -0.2) is 4.79 Å². The molecule has 2 nitrogen and oxygen atoms in total. The van der Waals surface area contributed by atoms with Crippen LogP contribution in [0.5, 0.6) is 0 Å². The van der Waals surface area contributed by atoms with E-state index in [1.165, 1.54) is 0 Å². The van der Waals surface area contributed by atoms with E-state index >= 15 is 0 Å². The van der Waals surface area contributed by atoms with Crippen LogP contribution >= 0.6 is 0 Å². The summed E-state index contributed by atoms with van der Waals surface area (Å²) in [6.07, 6.45) is 0. The lowest BCUT2D eigenvalue weighted by Crippen LogP contribution is -2.24. The highest BCUT2D eigenvalue weighted by molar-refractivity contribution is 5.95. The number of fused-ring (bicyclic) bond motifs is 1. The molecule has 0 N–H and O–H groups in total. The molecule has 0 aromatic heterocycles. The number of carbonyl (C=O) groups is 1. The second kappa shape index (κ2) is 3.70. The van der Waals surface area contributed by atoms with E-state index in [0.717, 1.165) is 16.7 Å². The molecule has 1 aliphatic rings. The summed E-state index contributed by atoms with van der Waals surface area (Å²) in [5, 5.41) is 0. The Morgan fingerprint density at radius 1 is 0.944 bits per heavy atom. The van der Waals surface area contributed by atoms with Crippen molar-refractivity contribution in [1.29, 1.82) is 0 Å². The summed E-state index contributed by atoms with van der Waals surface area (Å²) in [7, 11) is 0. The lowest BCUT2D eigenvalue weighted by molar-refractivity contribution is 0.0178. The van der Waals surface area contributed by atoms with Crippen molar-refractivity contribution in [2.45, 2.75) is 19.4 Å². The van der Waals surface area contributed by atoms with Gasteiger partial charge in [-0.1, -0.05) is 42.5 Å². The molecule has 0 saturated carbocycles. The molecule has 1 aliphatic heterocycles. The van der Waals surface area contributed by atoms with Gasteiger partial charge < -0.3 is 4.74 Å². The predicted octanol–water partition coefficient (Wildman–Crippen LogP) is 3.43. The van der Waals surface area contributed by atoms with Crippen molar-refractivity contribution in [3.63, 3.8) is 0 Å². The molecule has 2 aromatic carbocycles. The minimum Gasteiger partial charge on any atom is -0.446 e. The van der Waals surface area contributed by atoms with E-state index in [1.807, 2.05) is 62.4 Å². The fourth-order valence-corrected chi connectivity index (χ4v) is 2.68. The molecule has 18 heavy (non-hydrogen) atoms. The second-order valence-electron chi connectivity index (χ2n) is 4.78. The van der Waals surface area contributed by atoms with Gasteiger partial charge in [0.2, 0.25) is 0 Å². The van der Waals surface area contributed by atoms with E-state index in [-0.39, 0.29) is 5.97 Å². The molecule has 0 unspecified atom stereocenters. The molecule has 1 atom stereocenters. The normalized spacial score (nSPS) is 21.6. The number of benzene rings is 2. The van der Waals surface area contributed by atoms with E-state index < -0.39 is 5.60 Å². The Labute approximate surface area is 106 Å². The second-order valence-corrected chi connectivity index (χ2v) is 4.78. The highest BCUT2D eigenvalue weighted by Crippen LogP contribution is 2.42. The molecule has 90 valence electrons. The molecule has 0 radical (unpaired) electrons. The molecule has 1 heterocycles. The maximum absolute atomic E-state index is 11.9. The van der Waals surface area contributed by atoms with E-state index in [9.17, 15) is 4.79 Å². The zero-order valence-electron chi connectivity index (χ0n) is 10.4. The molecule has 0 spiro atoms. The summed E-state index contributed by atoms with van der Waals surface area (Å²) in [6, 6.07) is 15.6. The Kier molecular flexibility index (Phi) is 2.27. The van der Waals surface area contributed by atoms with Crippen LogP contribution in [0.3, 0.4) is 0 Å². The van der Waals surface area contributed by atoms with Gasteiger partial charge in [-0.15, -0.1) is 0 Å². The average molecular weight is 238 g/mol. The molecule has 2 aromatic rings. The van der Waals surface area contributed by atoms with Gasteiger partial charge in [-0.05, 0) is 25.5 Å². The number of esters is 1. The van der Waals surface area contributed by atoms with Crippen molar-refractivity contribution in [3.8, 4) is 0 Å². The molecule has 2 heteroatoms. The molecule has 0 saturated heterocycles. The molecular weight excluding hydrogens is 224 g/mol. The van der Waals surface area contributed by atoms with Crippen LogP contribution in [0, 0.1) is 6.92 Å². The highest BCUT2D eigenvalue weighted by Gasteiger charge is 2.43. The van der Waals surface area contributed by atoms with Gasteiger partial charge in [0.1, 0.15) is 0 Å². The van der Waals surface area contributed by atoms with Crippen molar-refractivity contribution in [3.05, 3.63) is 70.8 Å². The molecule has 0 amide bonds. The van der Waals surface area contributed by atoms with Crippen LogP contribution in [0.4, 0.5) is 0 Å². The smallest absolute Gasteiger partial charge is 0.339 e. The van der Waals surface area contributed by atoms with Crippen molar-refractivity contribution >= 4 is 5.97 Å². The number of rotatable bonds is 1. The maximum Gasteiger partial charge on any atom is 0.339 e. The lowest BCUT2D eigenvalue weighted by Gasteiger charge is -2.26. The first-order valence-corrected chi connectivity index (χ1v) is 6.02. The first-order chi connectivity index (χ1) is 8.63. The maximum atomic E-state index is 11.9. The van der Waals surface area contributed by atoms with Gasteiger partial charge >= 0.3 is 5.97 Å². The van der Waals surface area contributed by atoms with E-state index in [0.29, 0.717) is 5.56 Å². The quantitative estimate of drug-likeness (QED) is 0.711. The third kappa shape index (κ3) is 1.39. The lowest BCUT2D eigenvalue weighted by atomic mass is 9.85. The largest absolute Gasteiger partial charge is 0.446 e. The van der Waals surface area contributed by atoms with E-state index in [4.69, 9.17) is 4.74 Å². The molecule has 0 aliphatic carbocycles. The van der Waals surface area contributed by atoms with Crippen LogP contribution in [0.1, 0.15) is 34.0 Å². The first kappa shape index (κ1) is 11.0. The summed E-state index contributed by atoms with van der Waals surface area (Å²) < 4.78 is 5.65. The topological polar surface area (TPSA) is 26.3 Å². The zero-order valence-corrected chi connectivity index (χ0v) is 10.4. The Morgan fingerprint density at radius 2 is 1.56 bits per heavy atom. The monoisotopic (exact) mass is 238 g/mol. The van der Waals surface area contributed by atoms with Gasteiger partial charge in [0.05, 0.1) is 5.56 Å². The van der Waals surface area contributed by atoms with Crippen molar-refractivity contribution in [1.82, 2.24) is 0 Å².